The highest BCUT2D eigenvalue weighted by molar-refractivity contribution is 6.34. The van der Waals surface area contributed by atoms with Crippen LogP contribution < -0.4 is 10.1 Å². The van der Waals surface area contributed by atoms with Gasteiger partial charge in [-0.1, -0.05) is 17.7 Å². The number of carbonyl (C=O) groups excluding carboxylic acids is 1. The van der Waals surface area contributed by atoms with Crippen molar-refractivity contribution >= 4 is 28.9 Å². The number of nitro groups is 1. The number of anilines is 1. The Balaban J connectivity index is 1.97. The molecule has 0 aliphatic heterocycles. The fraction of sp³-hybridized carbons (Fsp3) is 0.238. The summed E-state index contributed by atoms with van der Waals surface area (Å²) < 4.78 is 7.30. The summed E-state index contributed by atoms with van der Waals surface area (Å²) in [6.07, 6.45) is 0. The van der Waals surface area contributed by atoms with Crippen molar-refractivity contribution in [3.63, 3.8) is 0 Å². The van der Waals surface area contributed by atoms with Crippen molar-refractivity contribution in [3.8, 4) is 11.5 Å². The lowest BCUT2D eigenvalue weighted by Gasteiger charge is -2.13. The Hall–Kier alpha value is -3.39. The minimum Gasteiger partial charge on any atom is -0.457 e. The molecular weight excluding hydrogens is 408 g/mol. The van der Waals surface area contributed by atoms with Gasteiger partial charge in [-0.15, -0.1) is 0 Å². The van der Waals surface area contributed by atoms with E-state index in [2.05, 4.69) is 10.4 Å². The molecule has 1 amide bonds. The first-order valence-corrected chi connectivity index (χ1v) is 9.50. The molecule has 0 unspecified atom stereocenters. The van der Waals surface area contributed by atoms with Gasteiger partial charge in [0.1, 0.15) is 17.2 Å². The van der Waals surface area contributed by atoms with Gasteiger partial charge in [0.15, 0.2) is 0 Å². The minimum atomic E-state index is -0.544. The molecule has 0 fully saturated rings. The fourth-order valence-electron chi connectivity index (χ4n) is 3.12. The molecule has 1 heterocycles. The third-order valence-electron chi connectivity index (χ3n) is 4.72. The molecule has 0 aliphatic rings. The van der Waals surface area contributed by atoms with E-state index in [0.717, 1.165) is 16.7 Å². The summed E-state index contributed by atoms with van der Waals surface area (Å²) in [5.41, 5.74) is 3.65. The van der Waals surface area contributed by atoms with Gasteiger partial charge in [-0.2, -0.15) is 5.10 Å². The van der Waals surface area contributed by atoms with Crippen LogP contribution in [0.1, 0.15) is 32.9 Å². The van der Waals surface area contributed by atoms with Crippen molar-refractivity contribution < 1.29 is 14.5 Å². The van der Waals surface area contributed by atoms with Gasteiger partial charge in [0.05, 0.1) is 27.4 Å². The van der Waals surface area contributed by atoms with Crippen LogP contribution in [0.2, 0.25) is 5.02 Å². The van der Waals surface area contributed by atoms with E-state index in [1.165, 1.54) is 22.9 Å². The number of aryl methyl sites for hydroxylation is 4. The molecule has 30 heavy (non-hydrogen) atoms. The first-order chi connectivity index (χ1) is 14.1. The topological polar surface area (TPSA) is 99.3 Å². The second kappa shape index (κ2) is 8.16. The molecule has 3 rings (SSSR count). The maximum Gasteiger partial charge on any atom is 0.275 e. The summed E-state index contributed by atoms with van der Waals surface area (Å²) in [6.45, 7) is 7.51. The molecule has 0 radical (unpaired) electrons. The van der Waals surface area contributed by atoms with Gasteiger partial charge >= 0.3 is 0 Å². The summed E-state index contributed by atoms with van der Waals surface area (Å²) >= 11 is 6.17. The second-order valence-electron chi connectivity index (χ2n) is 7.11. The van der Waals surface area contributed by atoms with Crippen molar-refractivity contribution in [1.29, 1.82) is 0 Å². The normalized spacial score (nSPS) is 10.7. The van der Waals surface area contributed by atoms with Gasteiger partial charge in [0, 0.05) is 19.2 Å². The molecule has 0 atom stereocenters. The smallest absolute Gasteiger partial charge is 0.275 e. The average Bonchev–Trinajstić information content (AvgIpc) is 2.90. The number of hydrogen-bond donors (Lipinski definition) is 1. The van der Waals surface area contributed by atoms with Gasteiger partial charge in [0.25, 0.3) is 11.6 Å². The third-order valence-corrected chi connectivity index (χ3v) is 5.17. The summed E-state index contributed by atoms with van der Waals surface area (Å²) in [5.74, 6) is 0.299. The molecule has 156 valence electrons. The fourth-order valence-corrected chi connectivity index (χ4v) is 3.37. The number of amides is 1. The number of nitrogens with zero attached hydrogens (tertiary/aromatic N) is 3. The van der Waals surface area contributed by atoms with Gasteiger partial charge in [-0.3, -0.25) is 19.6 Å². The van der Waals surface area contributed by atoms with Gasteiger partial charge in [0.2, 0.25) is 0 Å². The Morgan fingerprint density at radius 2 is 1.87 bits per heavy atom. The molecule has 0 bridgehead atoms. The largest absolute Gasteiger partial charge is 0.457 e. The number of aromatic nitrogens is 2. The summed E-state index contributed by atoms with van der Waals surface area (Å²) in [6, 6.07) is 7.99. The van der Waals surface area contributed by atoms with Crippen molar-refractivity contribution in [3.05, 3.63) is 73.5 Å². The minimum absolute atomic E-state index is 0.160. The molecule has 9 heteroatoms. The van der Waals surface area contributed by atoms with Crippen molar-refractivity contribution in [2.24, 2.45) is 7.05 Å². The predicted octanol–water partition coefficient (Wildman–Crippen LogP) is 5.26. The first kappa shape index (κ1) is 21.3. The first-order valence-electron chi connectivity index (χ1n) is 9.12. The number of carbonyl (C=O) groups is 1. The molecule has 0 aliphatic carbocycles. The Kier molecular flexibility index (Phi) is 5.80. The molecule has 1 N–H and O–H groups in total. The Bertz CT molecular complexity index is 1170. The third kappa shape index (κ3) is 4.28. The highest BCUT2D eigenvalue weighted by Crippen LogP contribution is 2.33. The molecule has 0 saturated carbocycles. The van der Waals surface area contributed by atoms with Crippen LogP contribution >= 0.6 is 11.6 Å². The Morgan fingerprint density at radius 1 is 1.17 bits per heavy atom. The lowest BCUT2D eigenvalue weighted by molar-refractivity contribution is -0.384. The van der Waals surface area contributed by atoms with Crippen LogP contribution in [0.15, 0.2) is 30.3 Å². The molecule has 0 spiro atoms. The van der Waals surface area contributed by atoms with Crippen LogP contribution in [-0.4, -0.2) is 20.6 Å². The van der Waals surface area contributed by atoms with E-state index in [0.29, 0.717) is 11.4 Å². The highest BCUT2D eigenvalue weighted by atomic mass is 35.5. The lowest BCUT2D eigenvalue weighted by atomic mass is 10.1. The number of hydrogen-bond acceptors (Lipinski definition) is 5. The maximum absolute atomic E-state index is 12.7. The van der Waals surface area contributed by atoms with E-state index in [1.807, 2.05) is 32.9 Å². The van der Waals surface area contributed by atoms with E-state index >= 15 is 0 Å². The standard InChI is InChI=1S/C21H21ClN4O4/c1-11-6-12(2)13(3)18(7-11)30-17-9-15(8-16(10-17)26(28)29)23-21(27)20-19(22)14(4)24-25(20)5/h6-10H,1-5H3,(H,23,27). The van der Waals surface area contributed by atoms with Crippen LogP contribution in [0.5, 0.6) is 11.5 Å². The summed E-state index contributed by atoms with van der Waals surface area (Å²) in [7, 11) is 1.60. The molecule has 1 aromatic heterocycles. The highest BCUT2D eigenvalue weighted by Gasteiger charge is 2.20. The van der Waals surface area contributed by atoms with E-state index in [-0.39, 0.29) is 27.8 Å². The predicted molar refractivity (Wildman–Crippen MR) is 115 cm³/mol. The molecule has 0 saturated heterocycles. The number of rotatable bonds is 5. The van der Waals surface area contributed by atoms with E-state index < -0.39 is 10.8 Å². The second-order valence-corrected chi connectivity index (χ2v) is 7.48. The molecule has 8 nitrogen and oxygen atoms in total. The molecule has 2 aromatic carbocycles. The number of nitrogens with one attached hydrogen (secondary N) is 1. The summed E-state index contributed by atoms with van der Waals surface area (Å²) in [4.78, 5) is 23.6. The zero-order valence-electron chi connectivity index (χ0n) is 17.2. The number of non-ortho nitro benzene ring substituents is 1. The lowest BCUT2D eigenvalue weighted by Crippen LogP contribution is -2.16. The van der Waals surface area contributed by atoms with Crippen molar-refractivity contribution in [2.75, 3.05) is 5.32 Å². The van der Waals surface area contributed by atoms with E-state index in [9.17, 15) is 14.9 Å². The van der Waals surface area contributed by atoms with Gasteiger partial charge in [-0.05, 0) is 50.5 Å². The molecular formula is C21H21ClN4O4. The van der Waals surface area contributed by atoms with Gasteiger partial charge in [-0.25, -0.2) is 0 Å². The van der Waals surface area contributed by atoms with E-state index in [1.54, 1.807) is 14.0 Å². The van der Waals surface area contributed by atoms with Crippen LogP contribution in [0.4, 0.5) is 11.4 Å². The zero-order chi connectivity index (χ0) is 22.2. The number of halogens is 1. The SMILES string of the molecule is Cc1cc(C)c(C)c(Oc2cc(NC(=O)c3c(Cl)c(C)nn3C)cc([N+](=O)[O-])c2)c1. The zero-order valence-corrected chi connectivity index (χ0v) is 18.0. The van der Waals surface area contributed by atoms with Crippen molar-refractivity contribution in [1.82, 2.24) is 9.78 Å². The molecule has 3 aromatic rings. The van der Waals surface area contributed by atoms with Crippen LogP contribution in [-0.2, 0) is 7.05 Å². The number of ether oxygens (including phenoxy) is 1. The Labute approximate surface area is 178 Å². The van der Waals surface area contributed by atoms with Crippen LogP contribution in [0.25, 0.3) is 0 Å². The Morgan fingerprint density at radius 3 is 2.47 bits per heavy atom. The van der Waals surface area contributed by atoms with Crippen LogP contribution in [0.3, 0.4) is 0 Å². The number of nitro benzene ring substituents is 1. The maximum atomic E-state index is 12.7. The van der Waals surface area contributed by atoms with E-state index in [4.69, 9.17) is 16.3 Å². The quantitative estimate of drug-likeness (QED) is 0.441. The van der Waals surface area contributed by atoms with Crippen molar-refractivity contribution in [2.45, 2.75) is 27.7 Å². The number of benzene rings is 2. The van der Waals surface area contributed by atoms with Gasteiger partial charge < -0.3 is 10.1 Å². The average molecular weight is 429 g/mol. The van der Waals surface area contributed by atoms with Crippen LogP contribution in [0, 0.1) is 37.8 Å². The summed E-state index contributed by atoms with van der Waals surface area (Å²) in [5, 5.41) is 18.4. The monoisotopic (exact) mass is 428 g/mol.